The summed E-state index contributed by atoms with van der Waals surface area (Å²) in [5.41, 5.74) is 4.00. The number of hydrogen-bond acceptors (Lipinski definition) is 2. The summed E-state index contributed by atoms with van der Waals surface area (Å²) in [5.74, 6) is 0.547. The van der Waals surface area contributed by atoms with Crippen LogP contribution in [0.2, 0.25) is 0 Å². The maximum Gasteiger partial charge on any atom is 0.0860 e. The van der Waals surface area contributed by atoms with Crippen molar-refractivity contribution in [2.75, 3.05) is 12.4 Å². The second-order valence-corrected chi connectivity index (χ2v) is 4.97. The van der Waals surface area contributed by atoms with Crippen LogP contribution in [-0.4, -0.2) is 13.2 Å². The molecule has 1 aromatic rings. The lowest BCUT2D eigenvalue weighted by Crippen LogP contribution is -2.27. The van der Waals surface area contributed by atoms with Gasteiger partial charge in [-0.1, -0.05) is 32.0 Å². The first kappa shape index (κ1) is 11.5. The molecule has 0 amide bonds. The third-order valence-corrected chi connectivity index (χ3v) is 3.34. The van der Waals surface area contributed by atoms with E-state index in [1.807, 2.05) is 0 Å². The number of para-hydroxylation sites is 1. The first-order valence-corrected chi connectivity index (χ1v) is 6.05. The zero-order chi connectivity index (χ0) is 11.7. The fraction of sp³-hybridized carbons (Fsp3) is 0.571. The Hall–Kier alpha value is -1.02. The van der Waals surface area contributed by atoms with Crippen molar-refractivity contribution in [3.8, 4) is 0 Å². The molecule has 1 aliphatic rings. The highest BCUT2D eigenvalue weighted by Crippen LogP contribution is 2.39. The molecule has 0 fully saturated rings. The Morgan fingerprint density at radius 1 is 1.38 bits per heavy atom. The summed E-state index contributed by atoms with van der Waals surface area (Å²) >= 11 is 0. The molecular formula is C14H21NO. The Bertz CT molecular complexity index is 373. The summed E-state index contributed by atoms with van der Waals surface area (Å²) in [6.45, 7) is 6.68. The summed E-state index contributed by atoms with van der Waals surface area (Å²) in [6, 6.07) is 7.00. The molecule has 16 heavy (non-hydrogen) atoms. The van der Waals surface area contributed by atoms with Crippen LogP contribution in [-0.2, 0) is 4.74 Å². The second kappa shape index (κ2) is 4.46. The highest BCUT2D eigenvalue weighted by atomic mass is 16.5. The van der Waals surface area contributed by atoms with Crippen LogP contribution in [0.15, 0.2) is 18.2 Å². The van der Waals surface area contributed by atoms with Gasteiger partial charge in [-0.3, -0.25) is 0 Å². The summed E-state index contributed by atoms with van der Waals surface area (Å²) in [6.07, 6.45) is 1.29. The highest BCUT2D eigenvalue weighted by molar-refractivity contribution is 5.61. The van der Waals surface area contributed by atoms with Crippen molar-refractivity contribution >= 4 is 5.69 Å². The van der Waals surface area contributed by atoms with Crippen molar-refractivity contribution < 1.29 is 4.74 Å². The van der Waals surface area contributed by atoms with Crippen LogP contribution < -0.4 is 5.32 Å². The molecule has 2 nitrogen and oxygen atoms in total. The largest absolute Gasteiger partial charge is 0.382 e. The summed E-state index contributed by atoms with van der Waals surface area (Å²) in [7, 11) is 1.80. The minimum atomic E-state index is 0.241. The molecule has 2 unspecified atom stereocenters. The third-order valence-electron chi connectivity index (χ3n) is 3.34. The molecule has 1 aliphatic heterocycles. The average molecular weight is 219 g/mol. The molecule has 0 bridgehead atoms. The van der Waals surface area contributed by atoms with E-state index in [2.05, 4.69) is 44.3 Å². The minimum absolute atomic E-state index is 0.241. The summed E-state index contributed by atoms with van der Waals surface area (Å²) in [5, 5.41) is 3.59. The molecule has 0 radical (unpaired) electrons. The molecule has 0 aromatic heterocycles. The fourth-order valence-electron chi connectivity index (χ4n) is 2.48. The van der Waals surface area contributed by atoms with Crippen LogP contribution in [0.3, 0.4) is 0 Å². The Kier molecular flexibility index (Phi) is 3.20. The van der Waals surface area contributed by atoms with Crippen LogP contribution in [0.1, 0.15) is 50.3 Å². The van der Waals surface area contributed by atoms with E-state index in [1.54, 1.807) is 7.11 Å². The number of fused-ring (bicyclic) bond motifs is 1. The van der Waals surface area contributed by atoms with E-state index in [1.165, 1.54) is 16.8 Å². The van der Waals surface area contributed by atoms with Crippen LogP contribution in [0.4, 0.5) is 5.69 Å². The lowest BCUT2D eigenvalue weighted by molar-refractivity contribution is 0.0893. The van der Waals surface area contributed by atoms with E-state index in [4.69, 9.17) is 4.74 Å². The molecule has 0 spiro atoms. The molecule has 0 saturated carbocycles. The van der Waals surface area contributed by atoms with E-state index < -0.39 is 0 Å². The van der Waals surface area contributed by atoms with Gasteiger partial charge >= 0.3 is 0 Å². The van der Waals surface area contributed by atoms with Gasteiger partial charge in [0, 0.05) is 24.4 Å². The Labute approximate surface area is 98.0 Å². The predicted molar refractivity (Wildman–Crippen MR) is 68.0 cm³/mol. The average Bonchev–Trinajstić information content (AvgIpc) is 2.26. The van der Waals surface area contributed by atoms with E-state index >= 15 is 0 Å². The predicted octanol–water partition coefficient (Wildman–Crippen LogP) is 3.70. The van der Waals surface area contributed by atoms with Crippen molar-refractivity contribution in [3.05, 3.63) is 29.3 Å². The van der Waals surface area contributed by atoms with E-state index in [-0.39, 0.29) is 6.10 Å². The molecule has 2 rings (SSSR count). The third kappa shape index (κ3) is 1.94. The quantitative estimate of drug-likeness (QED) is 0.819. The van der Waals surface area contributed by atoms with Gasteiger partial charge in [0.05, 0.1) is 6.10 Å². The maximum atomic E-state index is 5.58. The van der Waals surface area contributed by atoms with Crippen LogP contribution in [0.25, 0.3) is 0 Å². The van der Waals surface area contributed by atoms with Gasteiger partial charge in [-0.05, 0) is 24.8 Å². The Balaban J connectivity index is 2.48. The van der Waals surface area contributed by atoms with Crippen molar-refractivity contribution in [2.24, 2.45) is 0 Å². The Morgan fingerprint density at radius 2 is 2.12 bits per heavy atom. The van der Waals surface area contributed by atoms with Gasteiger partial charge < -0.3 is 10.1 Å². The first-order valence-electron chi connectivity index (χ1n) is 6.05. The van der Waals surface area contributed by atoms with E-state index in [0.717, 1.165) is 6.42 Å². The number of anilines is 1. The van der Waals surface area contributed by atoms with Gasteiger partial charge in [0.25, 0.3) is 0 Å². The van der Waals surface area contributed by atoms with E-state index in [9.17, 15) is 0 Å². The summed E-state index contributed by atoms with van der Waals surface area (Å²) < 4.78 is 5.58. The molecule has 1 aromatic carbocycles. The molecule has 1 N–H and O–H groups in total. The molecule has 0 aliphatic carbocycles. The molecule has 0 saturated heterocycles. The van der Waals surface area contributed by atoms with Gasteiger partial charge in [0.1, 0.15) is 0 Å². The summed E-state index contributed by atoms with van der Waals surface area (Å²) in [4.78, 5) is 0. The van der Waals surface area contributed by atoms with Crippen LogP contribution in [0, 0.1) is 0 Å². The maximum absolute atomic E-state index is 5.58. The SMILES string of the molecule is COC1CC(C)Nc2c(C(C)C)cccc21. The number of benzene rings is 1. The smallest absolute Gasteiger partial charge is 0.0860 e. The van der Waals surface area contributed by atoms with E-state index in [0.29, 0.717) is 12.0 Å². The molecular weight excluding hydrogens is 198 g/mol. The monoisotopic (exact) mass is 219 g/mol. The molecule has 88 valence electrons. The van der Waals surface area contributed by atoms with Crippen LogP contribution in [0.5, 0.6) is 0 Å². The van der Waals surface area contributed by atoms with Crippen molar-refractivity contribution in [3.63, 3.8) is 0 Å². The number of hydrogen-bond donors (Lipinski definition) is 1. The fourth-order valence-corrected chi connectivity index (χ4v) is 2.48. The van der Waals surface area contributed by atoms with Gasteiger partial charge in [-0.15, -0.1) is 0 Å². The first-order chi connectivity index (χ1) is 7.63. The number of nitrogens with one attached hydrogen (secondary N) is 1. The zero-order valence-electron chi connectivity index (χ0n) is 10.6. The van der Waals surface area contributed by atoms with Gasteiger partial charge in [-0.25, -0.2) is 0 Å². The number of ether oxygens (including phenoxy) is 1. The molecule has 2 atom stereocenters. The lowest BCUT2D eigenvalue weighted by Gasteiger charge is -2.32. The Morgan fingerprint density at radius 3 is 2.75 bits per heavy atom. The van der Waals surface area contributed by atoms with Crippen LogP contribution >= 0.6 is 0 Å². The zero-order valence-corrected chi connectivity index (χ0v) is 10.6. The number of rotatable bonds is 2. The van der Waals surface area contributed by atoms with Gasteiger partial charge in [0.2, 0.25) is 0 Å². The lowest BCUT2D eigenvalue weighted by atomic mass is 9.89. The highest BCUT2D eigenvalue weighted by Gasteiger charge is 2.26. The molecule has 2 heteroatoms. The topological polar surface area (TPSA) is 21.3 Å². The normalized spacial score (nSPS) is 24.1. The van der Waals surface area contributed by atoms with Crippen molar-refractivity contribution in [2.45, 2.75) is 45.3 Å². The van der Waals surface area contributed by atoms with Gasteiger partial charge in [0.15, 0.2) is 0 Å². The van der Waals surface area contributed by atoms with Crippen molar-refractivity contribution in [1.29, 1.82) is 0 Å². The van der Waals surface area contributed by atoms with Crippen molar-refractivity contribution in [1.82, 2.24) is 0 Å². The van der Waals surface area contributed by atoms with Gasteiger partial charge in [-0.2, -0.15) is 0 Å². The minimum Gasteiger partial charge on any atom is -0.382 e. The standard InChI is InChI=1S/C14H21NO/c1-9(2)11-6-5-7-12-13(16-4)8-10(3)15-14(11)12/h5-7,9-10,13,15H,8H2,1-4H3. The number of methoxy groups -OCH3 is 1. The second-order valence-electron chi connectivity index (χ2n) is 4.97. The molecule has 1 heterocycles.